The average Bonchev–Trinajstić information content (AvgIpc) is 2.64. The van der Waals surface area contributed by atoms with Gasteiger partial charge in [-0.15, -0.1) is 11.3 Å². The third kappa shape index (κ3) is 2.59. The zero-order chi connectivity index (χ0) is 11.7. The minimum Gasteiger partial charge on any atom is -0.342 e. The van der Waals surface area contributed by atoms with Crippen LogP contribution in [0.15, 0.2) is 22.0 Å². The van der Waals surface area contributed by atoms with Crippen LogP contribution in [0.1, 0.15) is 25.5 Å². The Hall–Kier alpha value is -0.520. The number of hydrogen-bond acceptors (Lipinski definition) is 3. The van der Waals surface area contributed by atoms with Gasteiger partial charge in [0.25, 0.3) is 0 Å². The van der Waals surface area contributed by atoms with E-state index in [0.717, 1.165) is 20.2 Å². The summed E-state index contributed by atoms with van der Waals surface area (Å²) >= 11 is 10.3. The monoisotopic (exact) mass is 314 g/mol. The summed E-state index contributed by atoms with van der Waals surface area (Å²) in [5, 5.41) is 0. The van der Waals surface area contributed by atoms with Gasteiger partial charge < -0.3 is 4.98 Å². The first kappa shape index (κ1) is 12.0. The van der Waals surface area contributed by atoms with E-state index in [1.807, 2.05) is 18.2 Å². The third-order valence-corrected chi connectivity index (χ3v) is 4.03. The van der Waals surface area contributed by atoms with Gasteiger partial charge in [-0.25, -0.2) is 4.98 Å². The molecule has 2 nitrogen and oxygen atoms in total. The van der Waals surface area contributed by atoms with Crippen LogP contribution in [-0.4, -0.2) is 9.97 Å². The number of rotatable bonds is 2. The van der Waals surface area contributed by atoms with Crippen molar-refractivity contribution in [3.63, 3.8) is 0 Å². The van der Waals surface area contributed by atoms with Gasteiger partial charge in [0.1, 0.15) is 10.5 Å². The fraction of sp³-hybridized carbons (Fsp3) is 0.273. The highest BCUT2D eigenvalue weighted by Gasteiger charge is 2.07. The van der Waals surface area contributed by atoms with Gasteiger partial charge in [0, 0.05) is 5.69 Å². The van der Waals surface area contributed by atoms with Crippen molar-refractivity contribution in [2.75, 3.05) is 0 Å². The minimum atomic E-state index is 0.423. The Balaban J connectivity index is 2.53. The van der Waals surface area contributed by atoms with Crippen molar-refractivity contribution < 1.29 is 0 Å². The first-order valence-corrected chi connectivity index (χ1v) is 6.95. The molecule has 0 aromatic carbocycles. The Morgan fingerprint density at radius 1 is 1.44 bits per heavy atom. The van der Waals surface area contributed by atoms with E-state index in [-0.39, 0.29) is 0 Å². The van der Waals surface area contributed by atoms with Gasteiger partial charge in [0.15, 0.2) is 0 Å². The summed E-state index contributed by atoms with van der Waals surface area (Å²) in [4.78, 5) is 8.77. The highest BCUT2D eigenvalue weighted by Crippen LogP contribution is 2.29. The number of H-pyrrole nitrogens is 1. The lowest BCUT2D eigenvalue weighted by Gasteiger charge is -2.07. The molecule has 2 aromatic heterocycles. The molecule has 84 valence electrons. The zero-order valence-corrected chi connectivity index (χ0v) is 12.2. The molecule has 2 aromatic rings. The van der Waals surface area contributed by atoms with Crippen molar-refractivity contribution in [2.45, 2.75) is 19.8 Å². The van der Waals surface area contributed by atoms with Crippen LogP contribution in [0.2, 0.25) is 0 Å². The van der Waals surface area contributed by atoms with Gasteiger partial charge in [-0.1, -0.05) is 26.1 Å². The van der Waals surface area contributed by atoms with Crippen molar-refractivity contribution in [3.05, 3.63) is 32.3 Å². The second kappa shape index (κ2) is 4.77. The summed E-state index contributed by atoms with van der Waals surface area (Å²) in [6.07, 6.45) is 0. The fourth-order valence-corrected chi connectivity index (χ4v) is 2.89. The average molecular weight is 315 g/mol. The van der Waals surface area contributed by atoms with Crippen molar-refractivity contribution >= 4 is 39.5 Å². The number of nitrogens with zero attached hydrogens (tertiary/aromatic N) is 1. The number of halogens is 1. The molecule has 0 atom stereocenters. The maximum Gasteiger partial charge on any atom is 0.149 e. The van der Waals surface area contributed by atoms with Crippen LogP contribution in [-0.2, 0) is 0 Å². The quantitative estimate of drug-likeness (QED) is 0.810. The Morgan fingerprint density at radius 2 is 2.19 bits per heavy atom. The molecule has 2 heterocycles. The second-order valence-electron chi connectivity index (χ2n) is 3.78. The maximum atomic E-state index is 5.17. The van der Waals surface area contributed by atoms with E-state index in [1.54, 1.807) is 11.3 Å². The van der Waals surface area contributed by atoms with E-state index >= 15 is 0 Å². The van der Waals surface area contributed by atoms with E-state index < -0.39 is 0 Å². The molecule has 0 aliphatic carbocycles. The van der Waals surface area contributed by atoms with Gasteiger partial charge >= 0.3 is 0 Å². The predicted molar refractivity (Wildman–Crippen MR) is 74.5 cm³/mol. The van der Waals surface area contributed by atoms with Crippen LogP contribution in [0.25, 0.3) is 10.7 Å². The van der Waals surface area contributed by atoms with Gasteiger partial charge in [0.2, 0.25) is 0 Å². The molecule has 0 bridgehead atoms. The van der Waals surface area contributed by atoms with Gasteiger partial charge in [-0.3, -0.25) is 0 Å². The van der Waals surface area contributed by atoms with Crippen LogP contribution in [0.4, 0.5) is 0 Å². The summed E-state index contributed by atoms with van der Waals surface area (Å²) < 4.78 is 1.74. The molecule has 0 spiro atoms. The molecule has 0 aliphatic heterocycles. The number of hydrogen-bond donors (Lipinski definition) is 1. The SMILES string of the molecule is CC(C)c1cc(=S)nc(-c2ccc(Br)s2)[nH]1. The van der Waals surface area contributed by atoms with Gasteiger partial charge in [-0.2, -0.15) is 0 Å². The van der Waals surface area contributed by atoms with Crippen LogP contribution in [0, 0.1) is 4.64 Å². The molecule has 2 rings (SSSR count). The van der Waals surface area contributed by atoms with Crippen molar-refractivity contribution in [1.82, 2.24) is 9.97 Å². The molecule has 0 saturated carbocycles. The molecule has 0 amide bonds. The Kier molecular flexibility index (Phi) is 3.56. The van der Waals surface area contributed by atoms with E-state index in [0.29, 0.717) is 10.6 Å². The van der Waals surface area contributed by atoms with Crippen LogP contribution < -0.4 is 0 Å². The molecule has 1 N–H and O–H groups in total. The minimum absolute atomic E-state index is 0.423. The normalized spacial score (nSPS) is 11.0. The summed E-state index contributed by atoms with van der Waals surface area (Å²) in [5.41, 5.74) is 1.12. The van der Waals surface area contributed by atoms with Crippen molar-refractivity contribution in [2.24, 2.45) is 0 Å². The van der Waals surface area contributed by atoms with E-state index in [1.165, 1.54) is 0 Å². The van der Waals surface area contributed by atoms with Crippen LogP contribution >= 0.6 is 39.5 Å². The summed E-state index contributed by atoms with van der Waals surface area (Å²) in [6.45, 7) is 4.27. The van der Waals surface area contributed by atoms with Crippen LogP contribution in [0.3, 0.4) is 0 Å². The smallest absolute Gasteiger partial charge is 0.149 e. The largest absolute Gasteiger partial charge is 0.342 e. The topological polar surface area (TPSA) is 28.7 Å². The van der Waals surface area contributed by atoms with E-state index in [4.69, 9.17) is 12.2 Å². The molecule has 0 aliphatic rings. The molecule has 0 unspecified atom stereocenters. The number of aromatic nitrogens is 2. The predicted octanol–water partition coefficient (Wildman–Crippen LogP) is 4.75. The Morgan fingerprint density at radius 3 is 2.75 bits per heavy atom. The molecular weight excluding hydrogens is 304 g/mol. The van der Waals surface area contributed by atoms with Gasteiger partial charge in [0.05, 0.1) is 8.66 Å². The summed E-state index contributed by atoms with van der Waals surface area (Å²) in [7, 11) is 0. The highest BCUT2D eigenvalue weighted by molar-refractivity contribution is 9.11. The second-order valence-corrected chi connectivity index (χ2v) is 6.66. The van der Waals surface area contributed by atoms with E-state index in [2.05, 4.69) is 39.7 Å². The standard InChI is InChI=1S/C11H11BrN2S2/c1-6(2)7-5-10(15)14-11(13-7)8-3-4-9(12)16-8/h3-6H,1-2H3,(H,13,14,15). The van der Waals surface area contributed by atoms with Crippen molar-refractivity contribution in [1.29, 1.82) is 0 Å². The lowest BCUT2D eigenvalue weighted by atomic mass is 10.1. The maximum absolute atomic E-state index is 5.17. The molecule has 16 heavy (non-hydrogen) atoms. The van der Waals surface area contributed by atoms with E-state index in [9.17, 15) is 0 Å². The Bertz CT molecular complexity index is 557. The Labute approximate surface area is 112 Å². The zero-order valence-electron chi connectivity index (χ0n) is 8.95. The summed E-state index contributed by atoms with van der Waals surface area (Å²) in [6, 6.07) is 5.97. The number of nitrogens with one attached hydrogen (secondary N) is 1. The van der Waals surface area contributed by atoms with Crippen LogP contribution in [0.5, 0.6) is 0 Å². The summed E-state index contributed by atoms with van der Waals surface area (Å²) in [5.74, 6) is 1.28. The molecule has 0 saturated heterocycles. The first-order chi connectivity index (χ1) is 7.56. The molecule has 0 radical (unpaired) electrons. The lowest BCUT2D eigenvalue weighted by Crippen LogP contribution is -1.96. The fourth-order valence-electron chi connectivity index (χ4n) is 1.35. The molecule has 5 heteroatoms. The third-order valence-electron chi connectivity index (χ3n) is 2.19. The van der Waals surface area contributed by atoms with Crippen molar-refractivity contribution in [3.8, 4) is 10.7 Å². The molecular formula is C11H11BrN2S2. The number of aromatic amines is 1. The van der Waals surface area contributed by atoms with Gasteiger partial charge in [-0.05, 0) is 40.0 Å². The lowest BCUT2D eigenvalue weighted by molar-refractivity contribution is 0.815. The first-order valence-electron chi connectivity index (χ1n) is 4.93. The number of thiophene rings is 1. The molecule has 0 fully saturated rings. The highest BCUT2D eigenvalue weighted by atomic mass is 79.9.